The summed E-state index contributed by atoms with van der Waals surface area (Å²) in [7, 11) is 1.46. The molecular formula is C19H31IN6O2S. The van der Waals surface area contributed by atoms with Gasteiger partial charge in [0, 0.05) is 45.5 Å². The molecule has 0 atom stereocenters. The second-order valence-corrected chi connectivity index (χ2v) is 8.84. The second-order valence-electron chi connectivity index (χ2n) is 6.72. The van der Waals surface area contributed by atoms with Gasteiger partial charge in [-0.2, -0.15) is 5.10 Å². The summed E-state index contributed by atoms with van der Waals surface area (Å²) in [5.74, 6) is 0.627. The number of guanidine groups is 1. The molecule has 0 amide bonds. The Morgan fingerprint density at radius 1 is 1.21 bits per heavy atom. The highest BCUT2D eigenvalue weighted by Gasteiger charge is 2.20. The Morgan fingerprint density at radius 3 is 2.41 bits per heavy atom. The molecule has 10 heteroatoms. The molecule has 0 aliphatic carbocycles. The van der Waals surface area contributed by atoms with Crippen LogP contribution in [0.1, 0.15) is 29.4 Å². The largest absolute Gasteiger partial charge is 0.357 e. The highest BCUT2D eigenvalue weighted by Crippen LogP contribution is 2.19. The van der Waals surface area contributed by atoms with Crippen LogP contribution in [0.4, 0.5) is 0 Å². The van der Waals surface area contributed by atoms with Crippen molar-refractivity contribution >= 4 is 40.0 Å². The number of nitrogens with zero attached hydrogens (tertiary/aromatic N) is 4. The first-order valence-corrected chi connectivity index (χ1v) is 10.6. The van der Waals surface area contributed by atoms with Crippen molar-refractivity contribution in [2.45, 2.75) is 38.8 Å². The van der Waals surface area contributed by atoms with Crippen LogP contribution in [0, 0.1) is 13.8 Å². The van der Waals surface area contributed by atoms with E-state index < -0.39 is 10.0 Å². The van der Waals surface area contributed by atoms with Crippen LogP contribution in [-0.2, 0) is 30.2 Å². The van der Waals surface area contributed by atoms with Crippen molar-refractivity contribution in [2.24, 2.45) is 12.0 Å². The molecule has 0 aliphatic heterocycles. The summed E-state index contributed by atoms with van der Waals surface area (Å²) >= 11 is 0. The van der Waals surface area contributed by atoms with Gasteiger partial charge in [-0.05, 0) is 32.4 Å². The van der Waals surface area contributed by atoms with E-state index in [2.05, 4.69) is 20.7 Å². The Kier molecular flexibility index (Phi) is 9.56. The van der Waals surface area contributed by atoms with E-state index >= 15 is 0 Å². The minimum absolute atomic E-state index is 0. The maximum atomic E-state index is 12.5. The third-order valence-electron chi connectivity index (χ3n) is 4.57. The minimum atomic E-state index is -3.52. The summed E-state index contributed by atoms with van der Waals surface area (Å²) in [6.45, 7) is 7.55. The summed E-state index contributed by atoms with van der Waals surface area (Å²) in [6.07, 6.45) is 0. The van der Waals surface area contributed by atoms with Gasteiger partial charge in [0.25, 0.3) is 0 Å². The summed E-state index contributed by atoms with van der Waals surface area (Å²) in [5.41, 5.74) is 3.86. The maximum Gasteiger partial charge on any atom is 0.242 e. The van der Waals surface area contributed by atoms with Gasteiger partial charge in [0.15, 0.2) is 5.96 Å². The summed E-state index contributed by atoms with van der Waals surface area (Å²) < 4.78 is 28.2. The van der Waals surface area contributed by atoms with Crippen LogP contribution in [0.25, 0.3) is 0 Å². The summed E-state index contributed by atoms with van der Waals surface area (Å²) in [6, 6.07) is 6.95. The number of aryl methyl sites for hydroxylation is 2. The monoisotopic (exact) mass is 534 g/mol. The van der Waals surface area contributed by atoms with Gasteiger partial charge in [0.1, 0.15) is 0 Å². The van der Waals surface area contributed by atoms with Crippen molar-refractivity contribution in [1.82, 2.24) is 24.7 Å². The molecule has 2 aromatic rings. The van der Waals surface area contributed by atoms with Gasteiger partial charge < -0.3 is 10.6 Å². The molecule has 1 aromatic heterocycles. The fraction of sp³-hybridized carbons (Fsp3) is 0.474. The summed E-state index contributed by atoms with van der Waals surface area (Å²) in [5, 5.41) is 10.9. The average Bonchev–Trinajstić information content (AvgIpc) is 2.89. The van der Waals surface area contributed by atoms with Gasteiger partial charge >= 0.3 is 0 Å². The van der Waals surface area contributed by atoms with Gasteiger partial charge in [-0.25, -0.2) is 17.7 Å². The van der Waals surface area contributed by atoms with Crippen molar-refractivity contribution in [2.75, 3.05) is 20.6 Å². The molecule has 1 heterocycles. The third kappa shape index (κ3) is 6.16. The number of halogens is 1. The molecule has 2 rings (SSSR count). The number of benzene rings is 1. The van der Waals surface area contributed by atoms with Crippen molar-refractivity contribution in [3.05, 3.63) is 46.8 Å². The Bertz CT molecular complexity index is 954. The Balaban J connectivity index is 0.00000420. The van der Waals surface area contributed by atoms with Crippen LogP contribution >= 0.6 is 24.0 Å². The first-order chi connectivity index (χ1) is 13.2. The van der Waals surface area contributed by atoms with Crippen molar-refractivity contribution < 1.29 is 8.42 Å². The standard InChI is InChI=1S/C19H30N6O2S.HI/c1-7-20-19(22-13-17-14(2)23-25(6)15(17)3)21-12-16-10-8-9-11-18(16)28(26,27)24(4)5;/h8-11H,7,12-13H2,1-6H3,(H2,20,21,22);1H. The molecule has 8 nitrogen and oxygen atoms in total. The van der Waals surface area contributed by atoms with Crippen molar-refractivity contribution in [3.63, 3.8) is 0 Å². The fourth-order valence-corrected chi connectivity index (χ4v) is 3.94. The van der Waals surface area contributed by atoms with Crippen LogP contribution < -0.4 is 10.6 Å². The number of hydrogen-bond donors (Lipinski definition) is 2. The normalized spacial score (nSPS) is 12.0. The van der Waals surface area contributed by atoms with E-state index in [-0.39, 0.29) is 35.4 Å². The zero-order valence-electron chi connectivity index (χ0n) is 17.9. The van der Waals surface area contributed by atoms with Crippen molar-refractivity contribution in [3.8, 4) is 0 Å². The van der Waals surface area contributed by atoms with E-state index in [9.17, 15) is 8.42 Å². The highest BCUT2D eigenvalue weighted by molar-refractivity contribution is 14.0. The van der Waals surface area contributed by atoms with E-state index in [1.807, 2.05) is 38.6 Å². The van der Waals surface area contributed by atoms with Crippen LogP contribution in [0.2, 0.25) is 0 Å². The van der Waals surface area contributed by atoms with E-state index in [1.165, 1.54) is 18.4 Å². The number of aromatic nitrogens is 2. The fourth-order valence-electron chi connectivity index (χ4n) is 2.83. The van der Waals surface area contributed by atoms with Crippen LogP contribution in [0.15, 0.2) is 34.2 Å². The third-order valence-corrected chi connectivity index (χ3v) is 6.49. The Hall–Kier alpha value is -1.66. The number of sulfonamides is 1. The van der Waals surface area contributed by atoms with Gasteiger partial charge in [-0.15, -0.1) is 24.0 Å². The Morgan fingerprint density at radius 2 is 1.86 bits per heavy atom. The van der Waals surface area contributed by atoms with Crippen molar-refractivity contribution in [1.29, 1.82) is 0 Å². The van der Waals surface area contributed by atoms with E-state index in [0.29, 0.717) is 24.6 Å². The lowest BCUT2D eigenvalue weighted by Crippen LogP contribution is -2.37. The first kappa shape index (κ1) is 25.4. The molecule has 0 bridgehead atoms. The number of nitrogens with one attached hydrogen (secondary N) is 2. The topological polar surface area (TPSA) is 91.6 Å². The SMILES string of the molecule is CCNC(=NCc1ccccc1S(=O)(=O)N(C)C)NCc1c(C)nn(C)c1C.I. The minimum Gasteiger partial charge on any atom is -0.357 e. The maximum absolute atomic E-state index is 12.5. The molecule has 0 unspecified atom stereocenters. The van der Waals surface area contributed by atoms with Crippen LogP contribution in [-0.4, -0.2) is 49.1 Å². The molecule has 2 N–H and O–H groups in total. The molecule has 0 aliphatic rings. The van der Waals surface area contributed by atoms with Gasteiger partial charge in [-0.1, -0.05) is 18.2 Å². The molecular weight excluding hydrogens is 503 g/mol. The molecule has 162 valence electrons. The molecule has 29 heavy (non-hydrogen) atoms. The lowest BCUT2D eigenvalue weighted by atomic mass is 10.2. The Labute approximate surface area is 190 Å². The smallest absolute Gasteiger partial charge is 0.242 e. The van der Waals surface area contributed by atoms with Gasteiger partial charge in [-0.3, -0.25) is 4.68 Å². The molecule has 1 aromatic carbocycles. The van der Waals surface area contributed by atoms with E-state index in [0.717, 1.165) is 17.0 Å². The van der Waals surface area contributed by atoms with Gasteiger partial charge in [0.2, 0.25) is 10.0 Å². The number of aliphatic imine (C=N–C) groups is 1. The van der Waals surface area contributed by atoms with E-state index in [1.54, 1.807) is 18.2 Å². The zero-order valence-corrected chi connectivity index (χ0v) is 21.0. The van der Waals surface area contributed by atoms with E-state index in [4.69, 9.17) is 0 Å². The van der Waals surface area contributed by atoms with Gasteiger partial charge in [0.05, 0.1) is 17.1 Å². The highest BCUT2D eigenvalue weighted by atomic mass is 127. The predicted molar refractivity (Wildman–Crippen MR) is 127 cm³/mol. The zero-order chi connectivity index (χ0) is 20.9. The number of rotatable bonds is 7. The molecule has 0 spiro atoms. The second kappa shape index (κ2) is 10.9. The molecule has 0 saturated heterocycles. The number of hydrogen-bond acceptors (Lipinski definition) is 4. The lowest BCUT2D eigenvalue weighted by molar-refractivity contribution is 0.519. The summed E-state index contributed by atoms with van der Waals surface area (Å²) in [4.78, 5) is 4.86. The molecule has 0 saturated carbocycles. The molecule has 0 fully saturated rings. The molecule has 0 radical (unpaired) electrons. The first-order valence-electron chi connectivity index (χ1n) is 9.20. The predicted octanol–water partition coefficient (Wildman–Crippen LogP) is 2.16. The quantitative estimate of drug-likeness (QED) is 0.323. The van der Waals surface area contributed by atoms with Crippen LogP contribution in [0.3, 0.4) is 0 Å². The average molecular weight is 534 g/mol. The van der Waals surface area contributed by atoms with Crippen LogP contribution in [0.5, 0.6) is 0 Å². The lowest BCUT2D eigenvalue weighted by Gasteiger charge is -2.15.